The molecule has 0 aromatic heterocycles. The van der Waals surface area contributed by atoms with Crippen molar-refractivity contribution in [3.05, 3.63) is 95.6 Å². The van der Waals surface area contributed by atoms with Crippen molar-refractivity contribution in [2.45, 2.75) is 43.9 Å². The number of carbonyl (C=O) groups is 2. The van der Waals surface area contributed by atoms with Gasteiger partial charge in [0.1, 0.15) is 18.0 Å². The molecule has 0 unspecified atom stereocenters. The lowest BCUT2D eigenvalue weighted by Crippen LogP contribution is -2.53. The summed E-state index contributed by atoms with van der Waals surface area (Å²) in [5.41, 5.74) is 1.86. The first-order chi connectivity index (χ1) is 19.0. The normalized spacial score (nSPS) is 15.0. The minimum atomic E-state index is -3.68. The molecule has 0 saturated carbocycles. The fraction of sp³-hybridized carbons (Fsp3) is 0.333. The van der Waals surface area contributed by atoms with Crippen LogP contribution in [0.4, 0.5) is 4.79 Å². The van der Waals surface area contributed by atoms with Crippen LogP contribution in [0.3, 0.4) is 0 Å². The third kappa shape index (κ3) is 7.19. The summed E-state index contributed by atoms with van der Waals surface area (Å²) in [7, 11) is -2.39. The van der Waals surface area contributed by atoms with Crippen LogP contribution in [0.15, 0.2) is 83.8 Å². The van der Waals surface area contributed by atoms with E-state index in [9.17, 15) is 18.0 Å². The van der Waals surface area contributed by atoms with Crippen LogP contribution >= 0.6 is 0 Å². The first kappa shape index (κ1) is 29.1. The van der Waals surface area contributed by atoms with Crippen molar-refractivity contribution >= 4 is 22.1 Å². The molecule has 1 aliphatic rings. The molecule has 0 bridgehead atoms. The summed E-state index contributed by atoms with van der Waals surface area (Å²) in [6.45, 7) is 5.88. The van der Waals surface area contributed by atoms with Crippen molar-refractivity contribution in [2.75, 3.05) is 20.2 Å². The maximum atomic E-state index is 12.8. The Morgan fingerprint density at radius 1 is 0.950 bits per heavy atom. The smallest absolute Gasteiger partial charge is 0.408 e. The highest BCUT2D eigenvalue weighted by Crippen LogP contribution is 2.28. The predicted molar refractivity (Wildman–Crippen MR) is 149 cm³/mol. The van der Waals surface area contributed by atoms with E-state index in [1.165, 1.54) is 23.5 Å². The molecule has 0 aliphatic carbocycles. The quantitative estimate of drug-likeness (QED) is 0.375. The highest BCUT2D eigenvalue weighted by molar-refractivity contribution is 7.89. The molecule has 1 amide bonds. The molecule has 10 heteroatoms. The molecule has 1 aliphatic heterocycles. The molecule has 0 spiro atoms. The number of nitrogens with zero attached hydrogens (tertiary/aromatic N) is 1. The van der Waals surface area contributed by atoms with Gasteiger partial charge in [0, 0.05) is 13.1 Å². The van der Waals surface area contributed by atoms with Gasteiger partial charge < -0.3 is 19.5 Å². The zero-order chi connectivity index (χ0) is 28.9. The maximum absolute atomic E-state index is 12.8. The summed E-state index contributed by atoms with van der Waals surface area (Å²) >= 11 is 0. The zero-order valence-corrected chi connectivity index (χ0v) is 23.8. The Bertz CT molecular complexity index is 1430. The molecular formula is C30H34N2O7S. The lowest BCUT2D eigenvalue weighted by molar-refractivity contribution is -0.149. The van der Waals surface area contributed by atoms with Gasteiger partial charge in [-0.25, -0.2) is 13.2 Å². The van der Waals surface area contributed by atoms with Gasteiger partial charge in [-0.1, -0.05) is 54.6 Å². The third-order valence-corrected chi connectivity index (χ3v) is 8.18. The van der Waals surface area contributed by atoms with E-state index in [2.05, 4.69) is 10.1 Å². The van der Waals surface area contributed by atoms with Crippen LogP contribution in [0, 0.1) is 5.92 Å². The van der Waals surface area contributed by atoms with Crippen LogP contribution in [-0.2, 0) is 30.9 Å². The van der Waals surface area contributed by atoms with Crippen LogP contribution in [-0.4, -0.2) is 50.6 Å². The molecule has 40 heavy (non-hydrogen) atoms. The Hall–Kier alpha value is -3.89. The van der Waals surface area contributed by atoms with Crippen molar-refractivity contribution < 1.29 is 32.2 Å². The van der Waals surface area contributed by atoms with E-state index in [4.69, 9.17) is 9.47 Å². The van der Waals surface area contributed by atoms with E-state index in [0.29, 0.717) is 5.75 Å². The highest BCUT2D eigenvalue weighted by Gasteiger charge is 2.41. The van der Waals surface area contributed by atoms with Gasteiger partial charge >= 0.3 is 12.1 Å². The topological polar surface area (TPSA) is 111 Å². The van der Waals surface area contributed by atoms with Crippen molar-refractivity contribution in [3.8, 4) is 5.75 Å². The second kappa shape index (κ2) is 12.1. The molecule has 1 atom stereocenters. The number of nitrogens with one attached hydrogen (secondary N) is 1. The van der Waals surface area contributed by atoms with Gasteiger partial charge in [0.05, 0.1) is 24.0 Å². The number of rotatable bonds is 9. The van der Waals surface area contributed by atoms with Gasteiger partial charge in [-0.2, -0.15) is 4.31 Å². The molecule has 0 radical (unpaired) electrons. The molecule has 4 rings (SSSR count). The largest absolute Gasteiger partial charge is 0.489 e. The van der Waals surface area contributed by atoms with Crippen molar-refractivity contribution in [1.29, 1.82) is 0 Å². The van der Waals surface area contributed by atoms with E-state index in [1.807, 2.05) is 75.4 Å². The van der Waals surface area contributed by atoms with Crippen LogP contribution in [0.25, 0.3) is 0 Å². The van der Waals surface area contributed by atoms with Gasteiger partial charge in [0.25, 0.3) is 0 Å². The standard InChI is InChI=1S/C30H34N2O7S/c1-30(2,3)39-29(34)31-27(22-9-6-5-7-10-22)23-11-8-12-25(17-23)38-20-21-13-15-26(16-14-21)40(35,36)32-18-24(19-32)28(33)37-4/h5-17,24,27H,18-20H2,1-4H3,(H,31,34)/t27-/m0/s1. The summed E-state index contributed by atoms with van der Waals surface area (Å²) in [6.07, 6.45) is -0.526. The van der Waals surface area contributed by atoms with Gasteiger partial charge in [0.15, 0.2) is 0 Å². The number of esters is 1. The summed E-state index contributed by atoms with van der Waals surface area (Å²) in [5.74, 6) is -0.238. The van der Waals surface area contributed by atoms with Gasteiger partial charge in [0.2, 0.25) is 10.0 Å². The molecule has 3 aromatic rings. The maximum Gasteiger partial charge on any atom is 0.408 e. The van der Waals surface area contributed by atoms with Crippen LogP contribution in [0.1, 0.15) is 43.5 Å². The fourth-order valence-corrected chi connectivity index (χ4v) is 5.77. The van der Waals surface area contributed by atoms with E-state index in [-0.39, 0.29) is 24.6 Å². The molecule has 1 N–H and O–H groups in total. The second-order valence-electron chi connectivity index (χ2n) is 10.5. The number of carbonyl (C=O) groups excluding carboxylic acids is 2. The average molecular weight is 567 g/mol. The molecule has 3 aromatic carbocycles. The summed E-state index contributed by atoms with van der Waals surface area (Å²) in [5, 5.41) is 2.96. The Kier molecular flexibility index (Phi) is 8.80. The zero-order valence-electron chi connectivity index (χ0n) is 23.0. The average Bonchev–Trinajstić information content (AvgIpc) is 2.89. The number of sulfonamides is 1. The minimum Gasteiger partial charge on any atom is -0.489 e. The van der Waals surface area contributed by atoms with Gasteiger partial charge in [-0.3, -0.25) is 4.79 Å². The number of ether oxygens (including phenoxy) is 3. The number of methoxy groups -OCH3 is 1. The number of alkyl carbamates (subject to hydrolysis) is 1. The SMILES string of the molecule is COC(=O)C1CN(S(=O)(=O)c2ccc(COc3cccc([C@@H](NC(=O)OC(C)(C)C)c4ccccc4)c3)cc2)C1. The highest BCUT2D eigenvalue weighted by atomic mass is 32.2. The monoisotopic (exact) mass is 566 g/mol. The predicted octanol–water partition coefficient (Wildman–Crippen LogP) is 4.67. The molecule has 1 saturated heterocycles. The van der Waals surface area contributed by atoms with Crippen LogP contribution in [0.2, 0.25) is 0 Å². The van der Waals surface area contributed by atoms with Gasteiger partial charge in [-0.05, 0) is 61.7 Å². The Balaban J connectivity index is 1.42. The lowest BCUT2D eigenvalue weighted by Gasteiger charge is -2.36. The van der Waals surface area contributed by atoms with Crippen LogP contribution in [0.5, 0.6) is 5.75 Å². The fourth-order valence-electron chi connectivity index (χ4n) is 4.24. The van der Waals surface area contributed by atoms with Crippen molar-refractivity contribution in [2.24, 2.45) is 5.92 Å². The van der Waals surface area contributed by atoms with E-state index in [1.54, 1.807) is 12.1 Å². The van der Waals surface area contributed by atoms with Crippen molar-refractivity contribution in [1.82, 2.24) is 9.62 Å². The number of hydrogen-bond donors (Lipinski definition) is 1. The second-order valence-corrected chi connectivity index (χ2v) is 12.5. The molecular weight excluding hydrogens is 532 g/mol. The summed E-state index contributed by atoms with van der Waals surface area (Å²) < 4.78 is 43.1. The summed E-state index contributed by atoms with van der Waals surface area (Å²) in [6, 6.07) is 23.0. The molecule has 212 valence electrons. The number of benzene rings is 3. The lowest BCUT2D eigenvalue weighted by atomic mass is 9.98. The Labute approximate surface area is 235 Å². The Morgan fingerprint density at radius 2 is 1.60 bits per heavy atom. The number of hydrogen-bond acceptors (Lipinski definition) is 7. The molecule has 1 heterocycles. The third-order valence-electron chi connectivity index (χ3n) is 6.33. The van der Waals surface area contributed by atoms with Crippen LogP contribution < -0.4 is 10.1 Å². The van der Waals surface area contributed by atoms with E-state index >= 15 is 0 Å². The molecule has 1 fully saturated rings. The van der Waals surface area contributed by atoms with Gasteiger partial charge in [-0.15, -0.1) is 0 Å². The minimum absolute atomic E-state index is 0.114. The van der Waals surface area contributed by atoms with E-state index < -0.39 is 39.6 Å². The summed E-state index contributed by atoms with van der Waals surface area (Å²) in [4.78, 5) is 24.3. The number of amides is 1. The molecule has 9 nitrogen and oxygen atoms in total. The Morgan fingerprint density at radius 3 is 2.23 bits per heavy atom. The first-order valence-corrected chi connectivity index (χ1v) is 14.3. The van der Waals surface area contributed by atoms with E-state index in [0.717, 1.165) is 16.7 Å². The van der Waals surface area contributed by atoms with Crippen molar-refractivity contribution in [3.63, 3.8) is 0 Å². The first-order valence-electron chi connectivity index (χ1n) is 12.9.